The van der Waals surface area contributed by atoms with E-state index in [0.29, 0.717) is 11.1 Å². The summed E-state index contributed by atoms with van der Waals surface area (Å²) in [7, 11) is -3.26. The molecule has 0 bridgehead atoms. The standard InChI is InChI=1S/C15H14ClFO3S/c1-21(19,20)13-6-3-10(4-7-13)15(18)8-11-2-5-12(17)9-14(11)16/h2-7,9,15,18H,8H2,1H3. The fourth-order valence-corrected chi connectivity index (χ4v) is 2.83. The Morgan fingerprint density at radius 2 is 1.81 bits per heavy atom. The van der Waals surface area contributed by atoms with Crippen molar-refractivity contribution in [1.82, 2.24) is 0 Å². The average molecular weight is 329 g/mol. The maximum Gasteiger partial charge on any atom is 0.175 e. The molecule has 0 amide bonds. The van der Waals surface area contributed by atoms with Crippen molar-refractivity contribution >= 4 is 21.4 Å². The van der Waals surface area contributed by atoms with E-state index in [1.165, 1.54) is 30.3 Å². The number of aliphatic hydroxyl groups is 1. The molecule has 0 aliphatic rings. The Hall–Kier alpha value is -1.43. The predicted octanol–water partition coefficient (Wildman–Crippen LogP) is 3.16. The van der Waals surface area contributed by atoms with Gasteiger partial charge in [0.25, 0.3) is 0 Å². The van der Waals surface area contributed by atoms with Gasteiger partial charge in [0.15, 0.2) is 9.84 Å². The highest BCUT2D eigenvalue weighted by molar-refractivity contribution is 7.90. The van der Waals surface area contributed by atoms with E-state index in [1.54, 1.807) is 12.1 Å². The topological polar surface area (TPSA) is 54.4 Å². The molecule has 21 heavy (non-hydrogen) atoms. The third kappa shape index (κ3) is 4.03. The van der Waals surface area contributed by atoms with Gasteiger partial charge in [0.2, 0.25) is 0 Å². The smallest absolute Gasteiger partial charge is 0.175 e. The predicted molar refractivity (Wildman–Crippen MR) is 79.6 cm³/mol. The van der Waals surface area contributed by atoms with Gasteiger partial charge < -0.3 is 5.11 Å². The van der Waals surface area contributed by atoms with Crippen LogP contribution in [0.1, 0.15) is 17.2 Å². The third-order valence-corrected chi connectivity index (χ3v) is 4.60. The number of rotatable bonds is 4. The highest BCUT2D eigenvalue weighted by Gasteiger charge is 2.13. The number of sulfone groups is 1. The molecule has 1 N–H and O–H groups in total. The molecule has 112 valence electrons. The molecule has 0 aromatic heterocycles. The van der Waals surface area contributed by atoms with E-state index in [2.05, 4.69) is 0 Å². The van der Waals surface area contributed by atoms with Crippen LogP contribution in [0.2, 0.25) is 5.02 Å². The van der Waals surface area contributed by atoms with Crippen molar-refractivity contribution < 1.29 is 17.9 Å². The Balaban J connectivity index is 2.18. The number of benzene rings is 2. The number of hydrogen-bond acceptors (Lipinski definition) is 3. The molecular weight excluding hydrogens is 315 g/mol. The van der Waals surface area contributed by atoms with Crippen molar-refractivity contribution in [3.8, 4) is 0 Å². The lowest BCUT2D eigenvalue weighted by Gasteiger charge is -2.12. The summed E-state index contributed by atoms with van der Waals surface area (Å²) in [5, 5.41) is 10.4. The maximum absolute atomic E-state index is 13.0. The highest BCUT2D eigenvalue weighted by atomic mass is 35.5. The fraction of sp³-hybridized carbons (Fsp3) is 0.200. The molecule has 6 heteroatoms. The van der Waals surface area contributed by atoms with Crippen LogP contribution >= 0.6 is 11.6 Å². The first kappa shape index (κ1) is 15.9. The van der Waals surface area contributed by atoms with Crippen molar-refractivity contribution in [3.05, 3.63) is 64.4 Å². The highest BCUT2D eigenvalue weighted by Crippen LogP contribution is 2.25. The van der Waals surface area contributed by atoms with Crippen molar-refractivity contribution in [3.63, 3.8) is 0 Å². The summed E-state index contributed by atoms with van der Waals surface area (Å²) in [6.45, 7) is 0. The van der Waals surface area contributed by atoms with Crippen LogP contribution in [-0.2, 0) is 16.3 Å². The minimum Gasteiger partial charge on any atom is -0.388 e. The van der Waals surface area contributed by atoms with Gasteiger partial charge in [0, 0.05) is 17.7 Å². The second kappa shape index (κ2) is 6.13. The number of halogens is 2. The van der Waals surface area contributed by atoms with Crippen LogP contribution in [0, 0.1) is 5.82 Å². The van der Waals surface area contributed by atoms with Crippen molar-refractivity contribution in [2.24, 2.45) is 0 Å². The first-order chi connectivity index (χ1) is 9.77. The molecule has 3 nitrogen and oxygen atoms in total. The van der Waals surface area contributed by atoms with E-state index < -0.39 is 21.8 Å². The Labute approximate surface area is 127 Å². The molecular formula is C15H14ClFO3S. The maximum atomic E-state index is 13.0. The minimum absolute atomic E-state index is 0.193. The van der Waals surface area contributed by atoms with Gasteiger partial charge in [-0.15, -0.1) is 0 Å². The zero-order chi connectivity index (χ0) is 15.6. The fourth-order valence-electron chi connectivity index (χ4n) is 1.95. The summed E-state index contributed by atoms with van der Waals surface area (Å²) in [6.07, 6.45) is 0.496. The average Bonchev–Trinajstić information content (AvgIpc) is 2.41. The van der Waals surface area contributed by atoms with Gasteiger partial charge in [-0.2, -0.15) is 0 Å². The molecule has 0 radical (unpaired) electrons. The zero-order valence-corrected chi connectivity index (χ0v) is 12.8. The minimum atomic E-state index is -3.26. The monoisotopic (exact) mass is 328 g/mol. The Kier molecular flexibility index (Phi) is 4.66. The normalized spacial score (nSPS) is 13.1. The van der Waals surface area contributed by atoms with Gasteiger partial charge in [-0.25, -0.2) is 12.8 Å². The molecule has 2 aromatic carbocycles. The molecule has 2 rings (SSSR count). The van der Waals surface area contributed by atoms with Crippen molar-refractivity contribution in [1.29, 1.82) is 0 Å². The van der Waals surface area contributed by atoms with Crippen molar-refractivity contribution in [2.75, 3.05) is 6.26 Å². The van der Waals surface area contributed by atoms with Crippen LogP contribution in [0.5, 0.6) is 0 Å². The van der Waals surface area contributed by atoms with Gasteiger partial charge in [0.1, 0.15) is 5.82 Å². The largest absolute Gasteiger partial charge is 0.388 e. The molecule has 0 heterocycles. The summed E-state index contributed by atoms with van der Waals surface area (Å²) in [5.74, 6) is -0.434. The quantitative estimate of drug-likeness (QED) is 0.938. The van der Waals surface area contributed by atoms with Gasteiger partial charge in [-0.3, -0.25) is 0 Å². The molecule has 1 unspecified atom stereocenters. The van der Waals surface area contributed by atoms with Gasteiger partial charge in [-0.05, 0) is 35.4 Å². The van der Waals surface area contributed by atoms with E-state index in [9.17, 15) is 17.9 Å². The Bertz CT molecular complexity index is 742. The van der Waals surface area contributed by atoms with Crippen LogP contribution in [0.25, 0.3) is 0 Å². The van der Waals surface area contributed by atoms with Crippen LogP contribution in [0.15, 0.2) is 47.4 Å². The molecule has 0 aliphatic heterocycles. The second-order valence-electron chi connectivity index (χ2n) is 4.80. The molecule has 0 saturated heterocycles. The van der Waals surface area contributed by atoms with Gasteiger partial charge >= 0.3 is 0 Å². The summed E-state index contributed by atoms with van der Waals surface area (Å²) in [5.41, 5.74) is 1.19. The number of hydrogen-bond donors (Lipinski definition) is 1. The first-order valence-electron chi connectivity index (χ1n) is 6.19. The molecule has 2 aromatic rings. The Morgan fingerprint density at radius 3 is 2.33 bits per heavy atom. The molecule has 0 saturated carbocycles. The van der Waals surface area contributed by atoms with E-state index in [1.807, 2.05) is 0 Å². The van der Waals surface area contributed by atoms with Gasteiger partial charge in [-0.1, -0.05) is 29.8 Å². The van der Waals surface area contributed by atoms with E-state index >= 15 is 0 Å². The third-order valence-electron chi connectivity index (χ3n) is 3.12. The lowest BCUT2D eigenvalue weighted by molar-refractivity contribution is 0.178. The first-order valence-corrected chi connectivity index (χ1v) is 8.46. The van der Waals surface area contributed by atoms with Crippen molar-refractivity contribution in [2.45, 2.75) is 17.4 Å². The van der Waals surface area contributed by atoms with E-state index in [0.717, 1.165) is 6.26 Å². The SMILES string of the molecule is CS(=O)(=O)c1ccc(C(O)Cc2ccc(F)cc2Cl)cc1. The van der Waals surface area contributed by atoms with E-state index in [4.69, 9.17) is 11.6 Å². The lowest BCUT2D eigenvalue weighted by Crippen LogP contribution is -2.04. The molecule has 0 spiro atoms. The Morgan fingerprint density at radius 1 is 1.19 bits per heavy atom. The summed E-state index contributed by atoms with van der Waals surface area (Å²) < 4.78 is 35.7. The van der Waals surface area contributed by atoms with Crippen LogP contribution in [0.4, 0.5) is 4.39 Å². The van der Waals surface area contributed by atoms with Crippen LogP contribution in [-0.4, -0.2) is 19.8 Å². The molecule has 0 fully saturated rings. The van der Waals surface area contributed by atoms with Crippen LogP contribution < -0.4 is 0 Å². The van der Waals surface area contributed by atoms with Crippen LogP contribution in [0.3, 0.4) is 0 Å². The summed E-state index contributed by atoms with van der Waals surface area (Å²) >= 11 is 5.92. The lowest BCUT2D eigenvalue weighted by atomic mass is 10.0. The second-order valence-corrected chi connectivity index (χ2v) is 7.22. The van der Waals surface area contributed by atoms with E-state index in [-0.39, 0.29) is 16.3 Å². The van der Waals surface area contributed by atoms with Gasteiger partial charge in [0.05, 0.1) is 11.0 Å². The zero-order valence-electron chi connectivity index (χ0n) is 11.3. The molecule has 0 aliphatic carbocycles. The molecule has 1 atom stereocenters. The summed E-state index contributed by atoms with van der Waals surface area (Å²) in [6, 6.07) is 9.99. The number of aliphatic hydroxyl groups excluding tert-OH is 1. The summed E-state index contributed by atoms with van der Waals surface area (Å²) in [4.78, 5) is 0.193.